The minimum Gasteiger partial charge on any atom is -0.338 e. The summed E-state index contributed by atoms with van der Waals surface area (Å²) in [7, 11) is 0. The summed E-state index contributed by atoms with van der Waals surface area (Å²) in [6, 6.07) is 10.4. The van der Waals surface area contributed by atoms with Crippen LogP contribution in [-0.4, -0.2) is 43.2 Å². The molecule has 1 aliphatic rings. The van der Waals surface area contributed by atoms with Gasteiger partial charge in [0.2, 0.25) is 0 Å². The van der Waals surface area contributed by atoms with Crippen molar-refractivity contribution in [2.75, 3.05) is 13.1 Å². The number of aromatic amines is 2. The lowest BCUT2D eigenvalue weighted by Crippen LogP contribution is -2.26. The van der Waals surface area contributed by atoms with Crippen molar-refractivity contribution in [3.63, 3.8) is 0 Å². The maximum Gasteiger partial charge on any atom is 0.181 e. The number of hydrogen-bond acceptors (Lipinski definition) is 5. The van der Waals surface area contributed by atoms with E-state index in [4.69, 9.17) is 0 Å². The zero-order chi connectivity index (χ0) is 19.9. The quantitative estimate of drug-likeness (QED) is 0.429. The number of fused-ring (bicyclic) bond motifs is 2. The van der Waals surface area contributed by atoms with Crippen molar-refractivity contribution in [2.24, 2.45) is 0 Å². The van der Waals surface area contributed by atoms with Gasteiger partial charge in [-0.2, -0.15) is 5.10 Å². The maximum atomic E-state index is 4.62. The van der Waals surface area contributed by atoms with Gasteiger partial charge in [0.15, 0.2) is 5.65 Å². The van der Waals surface area contributed by atoms with Crippen LogP contribution in [0.15, 0.2) is 55.1 Å². The van der Waals surface area contributed by atoms with E-state index in [1.54, 1.807) is 6.20 Å². The molecule has 5 aromatic rings. The molecule has 0 saturated carbocycles. The van der Waals surface area contributed by atoms with Crippen LogP contribution in [-0.2, 0) is 0 Å². The Bertz CT molecular complexity index is 1330. The number of piperidine rings is 1. The van der Waals surface area contributed by atoms with Crippen LogP contribution in [0.1, 0.15) is 24.3 Å². The molecule has 7 nitrogen and oxygen atoms in total. The molecule has 6 rings (SSSR count). The third-order valence-corrected chi connectivity index (χ3v) is 6.02. The first kappa shape index (κ1) is 17.3. The molecule has 0 amide bonds. The van der Waals surface area contributed by atoms with E-state index in [1.165, 1.54) is 5.56 Å². The summed E-state index contributed by atoms with van der Waals surface area (Å²) in [6.45, 7) is 2.12. The Kier molecular flexibility index (Phi) is 4.06. The highest BCUT2D eigenvalue weighted by Crippen LogP contribution is 2.34. The van der Waals surface area contributed by atoms with Gasteiger partial charge >= 0.3 is 0 Å². The highest BCUT2D eigenvalue weighted by atomic mass is 15.2. The fourth-order valence-corrected chi connectivity index (χ4v) is 4.44. The summed E-state index contributed by atoms with van der Waals surface area (Å²) in [5.41, 5.74) is 6.95. The van der Waals surface area contributed by atoms with Crippen molar-refractivity contribution in [2.45, 2.75) is 18.8 Å². The second kappa shape index (κ2) is 7.03. The molecule has 148 valence electrons. The predicted molar refractivity (Wildman–Crippen MR) is 117 cm³/mol. The number of rotatable bonds is 3. The summed E-state index contributed by atoms with van der Waals surface area (Å²) >= 11 is 0. The van der Waals surface area contributed by atoms with Crippen LogP contribution in [0, 0.1) is 0 Å². The van der Waals surface area contributed by atoms with Gasteiger partial charge in [-0.25, -0.2) is 9.97 Å². The number of nitrogens with zero attached hydrogens (tertiary/aromatic N) is 4. The molecule has 5 aromatic heterocycles. The van der Waals surface area contributed by atoms with Crippen LogP contribution in [0.5, 0.6) is 0 Å². The van der Waals surface area contributed by atoms with Crippen LogP contribution in [0.2, 0.25) is 0 Å². The van der Waals surface area contributed by atoms with E-state index in [0.717, 1.165) is 70.5 Å². The monoisotopic (exact) mass is 395 g/mol. The Labute approximate surface area is 173 Å². The van der Waals surface area contributed by atoms with Crippen molar-refractivity contribution >= 4 is 22.1 Å². The molecule has 1 aliphatic heterocycles. The summed E-state index contributed by atoms with van der Waals surface area (Å²) in [5, 5.41) is 13.2. The van der Waals surface area contributed by atoms with E-state index in [1.807, 2.05) is 30.7 Å². The van der Waals surface area contributed by atoms with E-state index in [-0.39, 0.29) is 0 Å². The van der Waals surface area contributed by atoms with E-state index in [2.05, 4.69) is 53.6 Å². The van der Waals surface area contributed by atoms with Crippen LogP contribution < -0.4 is 5.32 Å². The summed E-state index contributed by atoms with van der Waals surface area (Å²) in [5.74, 6) is 0.549. The number of nitrogens with one attached hydrogen (secondary N) is 3. The molecule has 3 N–H and O–H groups in total. The Morgan fingerprint density at radius 1 is 0.933 bits per heavy atom. The number of pyridine rings is 3. The number of hydrogen-bond donors (Lipinski definition) is 3. The Morgan fingerprint density at radius 2 is 1.87 bits per heavy atom. The molecule has 7 heteroatoms. The van der Waals surface area contributed by atoms with Gasteiger partial charge in [0, 0.05) is 41.1 Å². The first-order valence-electron chi connectivity index (χ1n) is 10.3. The van der Waals surface area contributed by atoms with Gasteiger partial charge in [-0.1, -0.05) is 6.07 Å². The van der Waals surface area contributed by atoms with Gasteiger partial charge < -0.3 is 10.3 Å². The Morgan fingerprint density at radius 3 is 2.73 bits per heavy atom. The van der Waals surface area contributed by atoms with Crippen molar-refractivity contribution in [1.29, 1.82) is 0 Å². The molecule has 0 atom stereocenters. The average molecular weight is 395 g/mol. The molecular weight excluding hydrogens is 374 g/mol. The molecule has 0 bridgehead atoms. The number of H-pyrrole nitrogens is 2. The highest BCUT2D eigenvalue weighted by Gasteiger charge is 2.19. The van der Waals surface area contributed by atoms with E-state index >= 15 is 0 Å². The van der Waals surface area contributed by atoms with Crippen LogP contribution in [0.4, 0.5) is 0 Å². The smallest absolute Gasteiger partial charge is 0.181 e. The summed E-state index contributed by atoms with van der Waals surface area (Å²) in [4.78, 5) is 16.9. The van der Waals surface area contributed by atoms with Crippen molar-refractivity contribution < 1.29 is 0 Å². The highest BCUT2D eigenvalue weighted by molar-refractivity contribution is 5.99. The van der Waals surface area contributed by atoms with Gasteiger partial charge in [0.1, 0.15) is 5.65 Å². The van der Waals surface area contributed by atoms with Crippen LogP contribution in [0.25, 0.3) is 44.6 Å². The topological polar surface area (TPSA) is 95.2 Å². The second-order valence-corrected chi connectivity index (χ2v) is 7.81. The third kappa shape index (κ3) is 2.86. The van der Waals surface area contributed by atoms with Crippen LogP contribution >= 0.6 is 0 Å². The first-order chi connectivity index (χ1) is 14.9. The van der Waals surface area contributed by atoms with Gasteiger partial charge in [0.25, 0.3) is 0 Å². The van der Waals surface area contributed by atoms with Gasteiger partial charge in [0.05, 0.1) is 11.4 Å². The molecule has 1 saturated heterocycles. The minimum atomic E-state index is 0.549. The third-order valence-electron chi connectivity index (χ3n) is 6.02. The molecule has 0 radical (unpaired) electrons. The molecule has 0 aliphatic carbocycles. The average Bonchev–Trinajstić information content (AvgIpc) is 3.43. The first-order valence-corrected chi connectivity index (χ1v) is 10.3. The summed E-state index contributed by atoms with van der Waals surface area (Å²) in [6.07, 6.45) is 9.76. The normalized spacial score (nSPS) is 15.2. The molecule has 0 spiro atoms. The lowest BCUT2D eigenvalue weighted by Gasteiger charge is -2.22. The fourth-order valence-electron chi connectivity index (χ4n) is 4.44. The Hall–Kier alpha value is -3.58. The van der Waals surface area contributed by atoms with Gasteiger partial charge in [-0.05, 0) is 67.2 Å². The van der Waals surface area contributed by atoms with E-state index < -0.39 is 0 Å². The van der Waals surface area contributed by atoms with Crippen LogP contribution in [0.3, 0.4) is 0 Å². The van der Waals surface area contributed by atoms with Gasteiger partial charge in [-0.3, -0.25) is 10.1 Å². The second-order valence-electron chi connectivity index (χ2n) is 7.81. The minimum absolute atomic E-state index is 0.549. The Balaban J connectivity index is 1.47. The predicted octanol–water partition coefficient (Wildman–Crippen LogP) is 4.03. The van der Waals surface area contributed by atoms with Crippen molar-refractivity contribution in [3.8, 4) is 22.5 Å². The molecule has 0 aromatic carbocycles. The lowest BCUT2D eigenvalue weighted by molar-refractivity contribution is 0.460. The van der Waals surface area contributed by atoms with Crippen molar-refractivity contribution in [3.05, 3.63) is 60.7 Å². The summed E-state index contributed by atoms with van der Waals surface area (Å²) < 4.78 is 0. The van der Waals surface area contributed by atoms with E-state index in [9.17, 15) is 0 Å². The van der Waals surface area contributed by atoms with E-state index in [0.29, 0.717) is 5.92 Å². The lowest BCUT2D eigenvalue weighted by atomic mass is 9.91. The molecule has 1 fully saturated rings. The fraction of sp³-hybridized carbons (Fsp3) is 0.217. The zero-order valence-electron chi connectivity index (χ0n) is 16.4. The van der Waals surface area contributed by atoms with Crippen molar-refractivity contribution in [1.82, 2.24) is 35.5 Å². The maximum absolute atomic E-state index is 4.62. The molecule has 0 unspecified atom stereocenters. The molecule has 6 heterocycles. The number of aromatic nitrogens is 6. The van der Waals surface area contributed by atoms with Gasteiger partial charge in [-0.15, -0.1) is 0 Å². The zero-order valence-corrected chi connectivity index (χ0v) is 16.4. The standard InChI is InChI=1S/C23H21N7/c1-2-15(12-25-6-1)17-5-9-26-22-18(17)11-20(28-22)21-19-10-16(13-27-23(19)30-29-21)14-3-7-24-8-4-14/h1-2,5-6,9-14,24H,3-4,7-8H2,(H,26,28)(H,27,29,30). The SMILES string of the molecule is c1cncc(-c2ccnc3[nH]c(-c4[nH]nc5ncc(C6CCNCC6)cc45)cc23)c1. The largest absolute Gasteiger partial charge is 0.338 e. The molecule has 30 heavy (non-hydrogen) atoms. The molecular formula is C23H21N7.